The molecular formula is C11H16O2. The Morgan fingerprint density at radius 3 is 2.62 bits per heavy atom. The maximum Gasteiger partial charge on any atom is 0.339 e. The van der Waals surface area contributed by atoms with E-state index in [2.05, 4.69) is 6.92 Å². The number of unbranched alkanes of at least 4 members (excludes halogenated alkanes) is 1. The minimum absolute atomic E-state index is 0.154. The number of carbonyl (C=O) groups excluding carboxylic acids is 1. The van der Waals surface area contributed by atoms with Crippen molar-refractivity contribution in [2.45, 2.75) is 40.0 Å². The summed E-state index contributed by atoms with van der Waals surface area (Å²) in [5, 5.41) is 0. The summed E-state index contributed by atoms with van der Waals surface area (Å²) in [6.07, 6.45) is 4.85. The van der Waals surface area contributed by atoms with E-state index in [0.29, 0.717) is 0 Å². The predicted molar refractivity (Wildman–Crippen MR) is 52.1 cm³/mol. The number of carbonyl (C=O) groups is 1. The number of esters is 1. The SMILES string of the molecule is C/C=C1\OC(=O)C(CCCC)=C1C. The molecule has 0 amide bonds. The van der Waals surface area contributed by atoms with E-state index in [1.165, 1.54) is 0 Å². The molecule has 1 aliphatic rings. The molecule has 0 spiro atoms. The van der Waals surface area contributed by atoms with Crippen molar-refractivity contribution in [1.82, 2.24) is 0 Å². The van der Waals surface area contributed by atoms with Crippen LogP contribution in [0.4, 0.5) is 0 Å². The van der Waals surface area contributed by atoms with Crippen LogP contribution in [-0.4, -0.2) is 5.97 Å². The van der Waals surface area contributed by atoms with Crippen LogP contribution in [0.3, 0.4) is 0 Å². The molecule has 0 aliphatic carbocycles. The first-order valence-electron chi connectivity index (χ1n) is 4.79. The Balaban J connectivity index is 2.79. The minimum atomic E-state index is -0.154. The zero-order chi connectivity index (χ0) is 9.84. The summed E-state index contributed by atoms with van der Waals surface area (Å²) >= 11 is 0. The molecule has 1 heterocycles. The molecule has 0 unspecified atom stereocenters. The molecular weight excluding hydrogens is 164 g/mol. The molecule has 2 nitrogen and oxygen atoms in total. The number of hydrogen-bond acceptors (Lipinski definition) is 2. The van der Waals surface area contributed by atoms with E-state index in [4.69, 9.17) is 4.74 Å². The highest BCUT2D eigenvalue weighted by molar-refractivity contribution is 5.94. The number of ether oxygens (including phenoxy) is 1. The standard InChI is InChI=1S/C11H16O2/c1-4-6-7-9-8(3)10(5-2)13-11(9)12/h5H,4,6-7H2,1-3H3/b10-5-. The molecule has 1 rings (SSSR count). The lowest BCUT2D eigenvalue weighted by molar-refractivity contribution is -0.133. The molecule has 0 atom stereocenters. The lowest BCUT2D eigenvalue weighted by Crippen LogP contribution is -1.98. The first-order chi connectivity index (χ1) is 6.20. The van der Waals surface area contributed by atoms with Gasteiger partial charge in [-0.1, -0.05) is 13.3 Å². The molecule has 0 N–H and O–H groups in total. The first-order valence-corrected chi connectivity index (χ1v) is 4.79. The smallest absolute Gasteiger partial charge is 0.339 e. The Morgan fingerprint density at radius 1 is 1.46 bits per heavy atom. The normalized spacial score (nSPS) is 19.9. The summed E-state index contributed by atoms with van der Waals surface area (Å²) in [7, 11) is 0. The highest BCUT2D eigenvalue weighted by atomic mass is 16.5. The summed E-state index contributed by atoms with van der Waals surface area (Å²) in [4.78, 5) is 11.3. The van der Waals surface area contributed by atoms with E-state index in [1.54, 1.807) is 0 Å². The third kappa shape index (κ3) is 2.00. The van der Waals surface area contributed by atoms with E-state index in [9.17, 15) is 4.79 Å². The Kier molecular flexibility index (Phi) is 3.29. The van der Waals surface area contributed by atoms with Gasteiger partial charge < -0.3 is 4.74 Å². The molecule has 0 aromatic carbocycles. The van der Waals surface area contributed by atoms with Crippen LogP contribution in [0, 0.1) is 0 Å². The van der Waals surface area contributed by atoms with Crippen LogP contribution in [-0.2, 0) is 9.53 Å². The van der Waals surface area contributed by atoms with Crippen molar-refractivity contribution in [3.63, 3.8) is 0 Å². The molecule has 0 aromatic heterocycles. The van der Waals surface area contributed by atoms with Crippen molar-refractivity contribution in [3.8, 4) is 0 Å². The first kappa shape index (κ1) is 10.0. The Morgan fingerprint density at radius 2 is 2.15 bits per heavy atom. The van der Waals surface area contributed by atoms with Gasteiger partial charge in [0.1, 0.15) is 5.76 Å². The average Bonchev–Trinajstić information content (AvgIpc) is 2.39. The largest absolute Gasteiger partial charge is 0.423 e. The maximum absolute atomic E-state index is 11.3. The zero-order valence-corrected chi connectivity index (χ0v) is 8.52. The van der Waals surface area contributed by atoms with Crippen LogP contribution in [0.1, 0.15) is 40.0 Å². The van der Waals surface area contributed by atoms with E-state index in [0.717, 1.165) is 36.2 Å². The molecule has 13 heavy (non-hydrogen) atoms. The molecule has 0 bridgehead atoms. The van der Waals surface area contributed by atoms with Gasteiger partial charge in [-0.15, -0.1) is 0 Å². The summed E-state index contributed by atoms with van der Waals surface area (Å²) < 4.78 is 5.08. The lowest BCUT2D eigenvalue weighted by atomic mass is 10.0. The number of rotatable bonds is 3. The highest BCUT2D eigenvalue weighted by Gasteiger charge is 2.25. The van der Waals surface area contributed by atoms with Gasteiger partial charge in [0.25, 0.3) is 0 Å². The fraction of sp³-hybridized carbons (Fsp3) is 0.545. The predicted octanol–water partition coefficient (Wildman–Crippen LogP) is 2.95. The van der Waals surface area contributed by atoms with Gasteiger partial charge in [-0.2, -0.15) is 0 Å². The van der Waals surface area contributed by atoms with Gasteiger partial charge in [-0.3, -0.25) is 0 Å². The molecule has 1 aliphatic heterocycles. The summed E-state index contributed by atoms with van der Waals surface area (Å²) in [5.74, 6) is 0.579. The lowest BCUT2D eigenvalue weighted by Gasteiger charge is -1.96. The van der Waals surface area contributed by atoms with Gasteiger partial charge in [-0.25, -0.2) is 4.79 Å². The fourth-order valence-electron chi connectivity index (χ4n) is 1.46. The Labute approximate surface area is 79.3 Å². The second kappa shape index (κ2) is 4.26. The van der Waals surface area contributed by atoms with Crippen molar-refractivity contribution >= 4 is 5.97 Å². The van der Waals surface area contributed by atoms with Gasteiger partial charge in [0.15, 0.2) is 0 Å². The summed E-state index contributed by atoms with van der Waals surface area (Å²) in [6, 6.07) is 0. The van der Waals surface area contributed by atoms with E-state index in [-0.39, 0.29) is 5.97 Å². The van der Waals surface area contributed by atoms with Gasteiger partial charge in [0, 0.05) is 11.1 Å². The number of hydrogen-bond donors (Lipinski definition) is 0. The zero-order valence-electron chi connectivity index (χ0n) is 8.52. The van der Waals surface area contributed by atoms with Gasteiger partial charge in [-0.05, 0) is 32.8 Å². The molecule has 2 heteroatoms. The molecule has 0 radical (unpaired) electrons. The summed E-state index contributed by atoms with van der Waals surface area (Å²) in [6.45, 7) is 5.95. The number of allylic oxidation sites excluding steroid dienone is 2. The quantitative estimate of drug-likeness (QED) is 0.624. The topological polar surface area (TPSA) is 26.3 Å². The van der Waals surface area contributed by atoms with Crippen LogP contribution in [0.25, 0.3) is 0 Å². The second-order valence-electron chi connectivity index (χ2n) is 3.25. The van der Waals surface area contributed by atoms with E-state index < -0.39 is 0 Å². The Bertz CT molecular complexity index is 272. The summed E-state index contributed by atoms with van der Waals surface area (Å²) in [5.41, 5.74) is 1.87. The van der Waals surface area contributed by atoms with Crippen LogP contribution in [0.2, 0.25) is 0 Å². The van der Waals surface area contributed by atoms with Crippen molar-refractivity contribution in [2.24, 2.45) is 0 Å². The molecule has 0 aromatic rings. The second-order valence-corrected chi connectivity index (χ2v) is 3.25. The van der Waals surface area contributed by atoms with Crippen molar-refractivity contribution in [1.29, 1.82) is 0 Å². The molecule has 0 saturated carbocycles. The van der Waals surface area contributed by atoms with Crippen LogP contribution >= 0.6 is 0 Å². The third-order valence-corrected chi connectivity index (χ3v) is 2.31. The minimum Gasteiger partial charge on any atom is -0.423 e. The van der Waals surface area contributed by atoms with Gasteiger partial charge >= 0.3 is 5.97 Å². The molecule has 72 valence electrons. The van der Waals surface area contributed by atoms with E-state index in [1.807, 2.05) is 19.9 Å². The van der Waals surface area contributed by atoms with Crippen molar-refractivity contribution in [2.75, 3.05) is 0 Å². The van der Waals surface area contributed by atoms with Gasteiger partial charge in [0.05, 0.1) is 0 Å². The number of cyclic esters (lactones) is 1. The van der Waals surface area contributed by atoms with Crippen molar-refractivity contribution < 1.29 is 9.53 Å². The van der Waals surface area contributed by atoms with E-state index >= 15 is 0 Å². The van der Waals surface area contributed by atoms with Crippen LogP contribution < -0.4 is 0 Å². The van der Waals surface area contributed by atoms with Gasteiger partial charge in [0.2, 0.25) is 0 Å². The molecule has 0 saturated heterocycles. The Hall–Kier alpha value is -1.05. The van der Waals surface area contributed by atoms with Crippen LogP contribution in [0.15, 0.2) is 23.0 Å². The van der Waals surface area contributed by atoms with Crippen molar-refractivity contribution in [3.05, 3.63) is 23.0 Å². The fourth-order valence-corrected chi connectivity index (χ4v) is 1.46. The maximum atomic E-state index is 11.3. The molecule has 0 fully saturated rings. The third-order valence-electron chi connectivity index (χ3n) is 2.31. The monoisotopic (exact) mass is 180 g/mol. The average molecular weight is 180 g/mol. The highest BCUT2D eigenvalue weighted by Crippen LogP contribution is 2.28. The van der Waals surface area contributed by atoms with Crippen LogP contribution in [0.5, 0.6) is 0 Å².